The topological polar surface area (TPSA) is 57.2 Å². The Morgan fingerprint density at radius 1 is 1.06 bits per heavy atom. The Balaban J connectivity index is 1.34. The van der Waals surface area contributed by atoms with Crippen LogP contribution in [-0.4, -0.2) is 57.9 Å². The Bertz CT molecular complexity index is 1060. The summed E-state index contributed by atoms with van der Waals surface area (Å²) in [5.74, 6) is 1.92. The van der Waals surface area contributed by atoms with Crippen molar-refractivity contribution in [3.8, 4) is 17.2 Å². The van der Waals surface area contributed by atoms with E-state index in [0.717, 1.165) is 25.7 Å². The monoisotopic (exact) mass is 465 g/mol. The van der Waals surface area contributed by atoms with Crippen LogP contribution in [0.15, 0.2) is 36.4 Å². The Labute approximate surface area is 202 Å². The zero-order chi connectivity index (χ0) is 24.0. The molecule has 2 aliphatic carbocycles. The molecule has 5 atom stereocenters. The highest BCUT2D eigenvalue weighted by atomic mass is 16.5. The van der Waals surface area contributed by atoms with Crippen molar-refractivity contribution in [1.82, 2.24) is 4.90 Å². The van der Waals surface area contributed by atoms with Crippen molar-refractivity contribution in [2.75, 3.05) is 35.0 Å². The van der Waals surface area contributed by atoms with Gasteiger partial charge < -0.3 is 18.9 Å². The Morgan fingerprint density at radius 3 is 2.41 bits per heavy atom. The Hall–Kier alpha value is -2.73. The fourth-order valence-corrected chi connectivity index (χ4v) is 7.18. The first-order valence-electron chi connectivity index (χ1n) is 12.2. The van der Waals surface area contributed by atoms with E-state index in [9.17, 15) is 4.79 Å². The van der Waals surface area contributed by atoms with Crippen LogP contribution in [0, 0.1) is 11.8 Å². The van der Waals surface area contributed by atoms with Gasteiger partial charge in [0.1, 0.15) is 0 Å². The van der Waals surface area contributed by atoms with E-state index < -0.39 is 0 Å². The van der Waals surface area contributed by atoms with Gasteiger partial charge in [-0.2, -0.15) is 0 Å². The van der Waals surface area contributed by atoms with E-state index in [-0.39, 0.29) is 11.4 Å². The highest BCUT2D eigenvalue weighted by Crippen LogP contribution is 2.59. The third-order valence-corrected chi connectivity index (χ3v) is 8.84. The van der Waals surface area contributed by atoms with Crippen LogP contribution in [0.4, 0.5) is 0 Å². The number of ether oxygens (including phenoxy) is 4. The zero-order valence-electron chi connectivity index (χ0n) is 20.8. The van der Waals surface area contributed by atoms with Gasteiger partial charge in [0.2, 0.25) is 5.75 Å². The lowest BCUT2D eigenvalue weighted by atomic mass is 9.48. The first-order chi connectivity index (χ1) is 16.5. The number of likely N-dealkylation sites (N-methyl/N-ethyl adjacent to an activating group) is 1. The number of piperidine rings is 2. The highest BCUT2D eigenvalue weighted by Gasteiger charge is 2.59. The summed E-state index contributed by atoms with van der Waals surface area (Å²) in [6, 6.07) is 13.3. The number of carbonyl (C=O) groups is 1. The molecule has 3 unspecified atom stereocenters. The smallest absolute Gasteiger partial charge is 0.338 e. The quantitative estimate of drug-likeness (QED) is 0.562. The van der Waals surface area contributed by atoms with E-state index in [0.29, 0.717) is 53.3 Å². The molecule has 0 spiro atoms. The third-order valence-electron chi connectivity index (χ3n) is 8.84. The number of nitrogens with zero attached hydrogens (tertiary/aromatic N) is 1. The van der Waals surface area contributed by atoms with Crippen LogP contribution in [-0.2, 0) is 16.6 Å². The molecular weight excluding hydrogens is 430 g/mol. The second-order valence-electron chi connectivity index (χ2n) is 9.99. The number of carbonyl (C=O) groups excluding carboxylic acids is 1. The summed E-state index contributed by atoms with van der Waals surface area (Å²) in [7, 11) is 6.89. The normalized spacial score (nSPS) is 29.3. The molecule has 6 rings (SSSR count). The highest BCUT2D eigenvalue weighted by molar-refractivity contribution is 5.91. The molecule has 34 heavy (non-hydrogen) atoms. The van der Waals surface area contributed by atoms with Gasteiger partial charge in [-0.25, -0.2) is 4.79 Å². The van der Waals surface area contributed by atoms with Gasteiger partial charge in [-0.05, 0) is 61.9 Å². The molecule has 6 heteroatoms. The average molecular weight is 466 g/mol. The van der Waals surface area contributed by atoms with E-state index in [1.54, 1.807) is 39.0 Å². The van der Waals surface area contributed by atoms with Crippen molar-refractivity contribution in [1.29, 1.82) is 0 Å². The molecule has 1 saturated carbocycles. The number of rotatable bonds is 7. The molecule has 0 N–H and O–H groups in total. The fourth-order valence-electron chi connectivity index (χ4n) is 7.18. The van der Waals surface area contributed by atoms with Gasteiger partial charge in [0, 0.05) is 23.4 Å². The first-order valence-corrected chi connectivity index (χ1v) is 12.2. The average Bonchev–Trinajstić information content (AvgIpc) is 2.88. The van der Waals surface area contributed by atoms with E-state index in [1.807, 2.05) is 0 Å². The zero-order valence-corrected chi connectivity index (χ0v) is 20.8. The van der Waals surface area contributed by atoms with Gasteiger partial charge in [-0.3, -0.25) is 4.90 Å². The fraction of sp³-hybridized carbons (Fsp3) is 0.536. The van der Waals surface area contributed by atoms with Crippen molar-refractivity contribution >= 4 is 5.97 Å². The number of methoxy groups -OCH3 is 3. The van der Waals surface area contributed by atoms with Crippen LogP contribution < -0.4 is 14.2 Å². The number of benzene rings is 2. The van der Waals surface area contributed by atoms with E-state index >= 15 is 0 Å². The van der Waals surface area contributed by atoms with Crippen molar-refractivity contribution in [3.05, 3.63) is 53.1 Å². The molecule has 2 saturated heterocycles. The summed E-state index contributed by atoms with van der Waals surface area (Å²) in [6.07, 6.45) is 4.51. The van der Waals surface area contributed by atoms with E-state index in [2.05, 4.69) is 43.1 Å². The predicted octanol–water partition coefficient (Wildman–Crippen LogP) is 4.48. The number of hydrogen-bond acceptors (Lipinski definition) is 6. The maximum atomic E-state index is 13.0. The summed E-state index contributed by atoms with van der Waals surface area (Å²) in [6.45, 7) is 2.77. The number of hydrogen-bond donors (Lipinski definition) is 0. The second kappa shape index (κ2) is 8.81. The summed E-state index contributed by atoms with van der Waals surface area (Å²) in [4.78, 5) is 15.6. The largest absolute Gasteiger partial charge is 0.493 e. The van der Waals surface area contributed by atoms with Gasteiger partial charge >= 0.3 is 5.97 Å². The van der Waals surface area contributed by atoms with Gasteiger partial charge in [-0.1, -0.05) is 31.2 Å². The van der Waals surface area contributed by atoms with Gasteiger partial charge in [0.05, 0.1) is 33.5 Å². The number of esters is 1. The lowest BCUT2D eigenvalue weighted by molar-refractivity contribution is -0.107. The standard InChI is InChI=1S/C28H35NO5/c1-6-28-15-23-19(11-21(28)22(29(23)2)12-17-9-7-8-10-20(17)28)16-34-27(30)18-13-24(31-3)26(33-5)25(14-18)32-4/h7-10,13-14,19,21-23H,6,11-12,15-16H2,1-5H3/t19-,21?,22?,23?,28-/m1/s1. The minimum Gasteiger partial charge on any atom is -0.493 e. The summed E-state index contributed by atoms with van der Waals surface area (Å²) >= 11 is 0. The van der Waals surface area contributed by atoms with Crippen molar-refractivity contribution in [3.63, 3.8) is 0 Å². The molecule has 0 radical (unpaired) electrons. The van der Waals surface area contributed by atoms with Crippen molar-refractivity contribution < 1.29 is 23.7 Å². The van der Waals surface area contributed by atoms with Gasteiger partial charge in [-0.15, -0.1) is 0 Å². The maximum Gasteiger partial charge on any atom is 0.338 e. The molecule has 2 aromatic rings. The second-order valence-corrected chi connectivity index (χ2v) is 9.99. The van der Waals surface area contributed by atoms with Crippen LogP contribution in [0.3, 0.4) is 0 Å². The van der Waals surface area contributed by atoms with Crippen molar-refractivity contribution in [2.45, 2.75) is 50.1 Å². The molecule has 2 aliphatic heterocycles. The molecule has 4 aliphatic rings. The number of fused-ring (bicyclic) bond motifs is 2. The minimum absolute atomic E-state index is 0.244. The predicted molar refractivity (Wildman–Crippen MR) is 130 cm³/mol. The summed E-state index contributed by atoms with van der Waals surface area (Å²) in [5, 5.41) is 0. The van der Waals surface area contributed by atoms with Gasteiger partial charge in [0.25, 0.3) is 0 Å². The lowest BCUT2D eigenvalue weighted by Crippen LogP contribution is -2.68. The van der Waals surface area contributed by atoms with Crippen LogP contribution in [0.2, 0.25) is 0 Å². The molecular formula is C28H35NO5. The molecule has 2 heterocycles. The SMILES string of the molecule is CC[C@]12CC3[C@@H](COC(=O)c4cc(OC)c(OC)c(OC)c4)CC1C(Cc1ccccc12)N3C. The first kappa shape index (κ1) is 23.0. The molecule has 3 fully saturated rings. The lowest BCUT2D eigenvalue weighted by Gasteiger charge is -2.65. The Kier molecular flexibility index (Phi) is 5.96. The maximum absolute atomic E-state index is 13.0. The summed E-state index contributed by atoms with van der Waals surface area (Å²) in [5.41, 5.74) is 3.72. The van der Waals surface area contributed by atoms with Gasteiger partial charge in [0.15, 0.2) is 11.5 Å². The molecule has 0 amide bonds. The Morgan fingerprint density at radius 2 is 1.76 bits per heavy atom. The third kappa shape index (κ3) is 3.37. The van der Waals surface area contributed by atoms with E-state index in [4.69, 9.17) is 18.9 Å². The van der Waals surface area contributed by atoms with Crippen LogP contribution in [0.1, 0.15) is 47.7 Å². The van der Waals surface area contributed by atoms with Crippen LogP contribution in [0.25, 0.3) is 0 Å². The molecule has 4 bridgehead atoms. The van der Waals surface area contributed by atoms with Crippen LogP contribution in [0.5, 0.6) is 17.2 Å². The molecule has 6 nitrogen and oxygen atoms in total. The molecule has 2 aromatic carbocycles. The molecule has 182 valence electrons. The van der Waals surface area contributed by atoms with Crippen LogP contribution >= 0.6 is 0 Å². The summed E-state index contributed by atoms with van der Waals surface area (Å²) < 4.78 is 22.0. The van der Waals surface area contributed by atoms with Crippen molar-refractivity contribution in [2.24, 2.45) is 11.8 Å². The molecule has 0 aromatic heterocycles. The van der Waals surface area contributed by atoms with E-state index in [1.165, 1.54) is 5.56 Å². The minimum atomic E-state index is -0.362.